The molecule has 4 bridgehead atoms. The summed E-state index contributed by atoms with van der Waals surface area (Å²) in [6.07, 6.45) is 6.99. The number of hydrogen-bond donors (Lipinski definition) is 0. The maximum atomic E-state index is 12.5. The summed E-state index contributed by atoms with van der Waals surface area (Å²) in [6, 6.07) is 9.04. The van der Waals surface area contributed by atoms with Crippen molar-refractivity contribution >= 4 is 5.97 Å². The van der Waals surface area contributed by atoms with Gasteiger partial charge in [0.1, 0.15) is 0 Å². The van der Waals surface area contributed by atoms with Gasteiger partial charge in [-0.1, -0.05) is 29.8 Å². The molecule has 4 fully saturated rings. The minimum Gasteiger partial charge on any atom is -0.469 e. The molecule has 5 rings (SSSR count). The van der Waals surface area contributed by atoms with Gasteiger partial charge in [0.05, 0.1) is 12.5 Å². The van der Waals surface area contributed by atoms with Crippen molar-refractivity contribution in [3.8, 4) is 0 Å². The Balaban J connectivity index is 1.76. The molecule has 1 aromatic rings. The van der Waals surface area contributed by atoms with Crippen LogP contribution in [0.4, 0.5) is 0 Å². The third-order valence-corrected chi connectivity index (χ3v) is 6.34. The number of aryl methyl sites for hydroxylation is 1. The molecule has 0 aliphatic heterocycles. The monoisotopic (exact) mass is 284 g/mol. The maximum absolute atomic E-state index is 12.5. The lowest BCUT2D eigenvalue weighted by molar-refractivity contribution is -0.171. The van der Waals surface area contributed by atoms with Crippen molar-refractivity contribution in [2.75, 3.05) is 7.11 Å². The third-order valence-electron chi connectivity index (χ3n) is 6.34. The lowest BCUT2D eigenvalue weighted by Gasteiger charge is -2.61. The van der Waals surface area contributed by atoms with Crippen LogP contribution in [0.5, 0.6) is 0 Å². The summed E-state index contributed by atoms with van der Waals surface area (Å²) in [7, 11) is 1.56. The average Bonchev–Trinajstić information content (AvgIpc) is 2.45. The van der Waals surface area contributed by atoms with E-state index in [0.717, 1.165) is 19.3 Å². The summed E-state index contributed by atoms with van der Waals surface area (Å²) in [5, 5.41) is 0. The number of carbonyl (C=O) groups excluding carboxylic acids is 1. The molecule has 4 saturated carbocycles. The predicted octanol–water partition coefficient (Wildman–Crippen LogP) is 4.01. The highest BCUT2D eigenvalue weighted by Gasteiger charge is 2.61. The summed E-state index contributed by atoms with van der Waals surface area (Å²) in [5.74, 6) is 1.48. The van der Waals surface area contributed by atoms with Crippen molar-refractivity contribution < 1.29 is 9.53 Å². The van der Waals surface area contributed by atoms with E-state index in [-0.39, 0.29) is 16.8 Å². The van der Waals surface area contributed by atoms with Gasteiger partial charge < -0.3 is 4.74 Å². The summed E-state index contributed by atoms with van der Waals surface area (Å²) in [5.41, 5.74) is 2.80. The number of benzene rings is 1. The molecule has 0 heterocycles. The highest BCUT2D eigenvalue weighted by Crippen LogP contribution is 2.66. The van der Waals surface area contributed by atoms with E-state index in [0.29, 0.717) is 11.8 Å². The molecule has 0 amide bonds. The average molecular weight is 284 g/mol. The van der Waals surface area contributed by atoms with Crippen LogP contribution in [0.3, 0.4) is 0 Å². The first kappa shape index (κ1) is 13.4. The molecule has 2 heteroatoms. The molecule has 1 aromatic carbocycles. The van der Waals surface area contributed by atoms with Gasteiger partial charge in [-0.25, -0.2) is 0 Å². The van der Waals surface area contributed by atoms with Gasteiger partial charge in [0, 0.05) is 0 Å². The zero-order valence-corrected chi connectivity index (χ0v) is 13.0. The Hall–Kier alpha value is -1.31. The topological polar surface area (TPSA) is 26.3 Å². The van der Waals surface area contributed by atoms with Crippen LogP contribution in [0.2, 0.25) is 0 Å². The molecule has 0 N–H and O–H groups in total. The first-order valence-electron chi connectivity index (χ1n) is 8.21. The molecule has 2 nitrogen and oxygen atoms in total. The highest BCUT2D eigenvalue weighted by atomic mass is 16.5. The number of ether oxygens (including phenoxy) is 1. The number of rotatable bonds is 2. The van der Waals surface area contributed by atoms with Crippen LogP contribution in [0, 0.1) is 24.2 Å². The van der Waals surface area contributed by atoms with E-state index in [4.69, 9.17) is 4.74 Å². The molecule has 21 heavy (non-hydrogen) atoms. The van der Waals surface area contributed by atoms with Gasteiger partial charge in [0.2, 0.25) is 0 Å². The molecule has 0 spiro atoms. The van der Waals surface area contributed by atoms with Gasteiger partial charge in [-0.05, 0) is 68.3 Å². The first-order valence-corrected chi connectivity index (χ1v) is 8.21. The van der Waals surface area contributed by atoms with E-state index in [1.807, 2.05) is 0 Å². The van der Waals surface area contributed by atoms with Crippen molar-refractivity contribution in [2.24, 2.45) is 17.3 Å². The van der Waals surface area contributed by atoms with Crippen LogP contribution in [0.25, 0.3) is 0 Å². The fraction of sp³-hybridized carbons (Fsp3) is 0.632. The second kappa shape index (κ2) is 4.34. The zero-order valence-electron chi connectivity index (χ0n) is 13.0. The smallest absolute Gasteiger partial charge is 0.311 e. The molecule has 0 aromatic heterocycles. The molecular weight excluding hydrogens is 260 g/mol. The Labute approximate surface area is 126 Å². The number of esters is 1. The Bertz CT molecular complexity index is 558. The molecule has 4 aliphatic rings. The van der Waals surface area contributed by atoms with Crippen LogP contribution in [-0.4, -0.2) is 13.1 Å². The minimum absolute atomic E-state index is 0.0492. The van der Waals surface area contributed by atoms with E-state index in [2.05, 4.69) is 31.2 Å². The Morgan fingerprint density at radius 1 is 1.10 bits per heavy atom. The van der Waals surface area contributed by atoms with Crippen LogP contribution in [0.1, 0.15) is 49.7 Å². The summed E-state index contributed by atoms with van der Waals surface area (Å²) >= 11 is 0. The van der Waals surface area contributed by atoms with Crippen LogP contribution in [0.15, 0.2) is 24.3 Å². The third kappa shape index (κ3) is 1.88. The molecule has 2 atom stereocenters. The molecular formula is C19H24O2. The van der Waals surface area contributed by atoms with E-state index >= 15 is 0 Å². The van der Waals surface area contributed by atoms with Gasteiger partial charge in [-0.15, -0.1) is 0 Å². The standard InChI is InChI=1S/C19H24O2/c1-13-3-5-16(6-4-13)18-8-14-7-15(9-18)11-19(10-14,12-18)17(20)21-2/h3-6,14-15H,7-12H2,1-2H3. The summed E-state index contributed by atoms with van der Waals surface area (Å²) in [6.45, 7) is 2.14. The molecule has 0 radical (unpaired) electrons. The Kier molecular flexibility index (Phi) is 2.76. The van der Waals surface area contributed by atoms with Crippen molar-refractivity contribution in [3.05, 3.63) is 35.4 Å². The van der Waals surface area contributed by atoms with Crippen LogP contribution < -0.4 is 0 Å². The van der Waals surface area contributed by atoms with Crippen LogP contribution >= 0.6 is 0 Å². The van der Waals surface area contributed by atoms with Crippen molar-refractivity contribution in [1.82, 2.24) is 0 Å². The lowest BCUT2D eigenvalue weighted by Crippen LogP contribution is -2.57. The van der Waals surface area contributed by atoms with E-state index < -0.39 is 0 Å². The van der Waals surface area contributed by atoms with Gasteiger partial charge in [-0.3, -0.25) is 4.79 Å². The van der Waals surface area contributed by atoms with Crippen LogP contribution in [-0.2, 0) is 14.9 Å². The molecule has 4 aliphatic carbocycles. The number of carbonyl (C=O) groups is 1. The molecule has 0 saturated heterocycles. The fourth-order valence-electron chi connectivity index (χ4n) is 5.96. The zero-order chi connectivity index (χ0) is 14.7. The SMILES string of the molecule is COC(=O)C12CC3CC(C1)CC(c1ccc(C)cc1)(C3)C2. The second-order valence-electron chi connectivity index (χ2n) is 7.88. The predicted molar refractivity (Wildman–Crippen MR) is 82.0 cm³/mol. The fourth-order valence-corrected chi connectivity index (χ4v) is 5.96. The van der Waals surface area contributed by atoms with Crippen molar-refractivity contribution in [3.63, 3.8) is 0 Å². The molecule has 112 valence electrons. The van der Waals surface area contributed by atoms with Gasteiger partial charge in [0.15, 0.2) is 0 Å². The Morgan fingerprint density at radius 2 is 1.71 bits per heavy atom. The minimum atomic E-state index is -0.191. The van der Waals surface area contributed by atoms with Crippen molar-refractivity contribution in [1.29, 1.82) is 0 Å². The van der Waals surface area contributed by atoms with Gasteiger partial charge >= 0.3 is 5.97 Å². The summed E-state index contributed by atoms with van der Waals surface area (Å²) in [4.78, 5) is 12.5. The highest BCUT2D eigenvalue weighted by molar-refractivity contribution is 5.78. The van der Waals surface area contributed by atoms with E-state index in [9.17, 15) is 4.79 Å². The van der Waals surface area contributed by atoms with Gasteiger partial charge in [0.25, 0.3) is 0 Å². The number of hydrogen-bond acceptors (Lipinski definition) is 2. The first-order chi connectivity index (χ1) is 10.1. The molecule has 2 unspecified atom stereocenters. The second-order valence-corrected chi connectivity index (χ2v) is 7.88. The lowest BCUT2D eigenvalue weighted by atomic mass is 9.43. The maximum Gasteiger partial charge on any atom is 0.311 e. The largest absolute Gasteiger partial charge is 0.469 e. The van der Waals surface area contributed by atoms with E-state index in [1.54, 1.807) is 7.11 Å². The summed E-state index contributed by atoms with van der Waals surface area (Å²) < 4.78 is 5.20. The van der Waals surface area contributed by atoms with Gasteiger partial charge in [-0.2, -0.15) is 0 Å². The Morgan fingerprint density at radius 3 is 2.29 bits per heavy atom. The van der Waals surface area contributed by atoms with Crippen molar-refractivity contribution in [2.45, 2.75) is 50.9 Å². The quantitative estimate of drug-likeness (QED) is 0.767. The normalized spacial score (nSPS) is 40.3. The van der Waals surface area contributed by atoms with E-state index in [1.165, 1.54) is 30.4 Å². The number of methoxy groups -OCH3 is 1.